The average molecular weight is 359 g/mol. The first kappa shape index (κ1) is 19.1. The molecule has 1 atom stereocenters. The molecule has 0 bridgehead atoms. The fourth-order valence-electron chi connectivity index (χ4n) is 2.01. The van der Waals surface area contributed by atoms with E-state index in [1.807, 2.05) is 42.5 Å². The van der Waals surface area contributed by atoms with Crippen molar-refractivity contribution in [3.05, 3.63) is 60.2 Å². The van der Waals surface area contributed by atoms with Gasteiger partial charge in [-0.1, -0.05) is 50.0 Å². The molecule has 2 aromatic rings. The predicted octanol–water partition coefficient (Wildman–Crippen LogP) is 4.45. The van der Waals surface area contributed by atoms with Crippen LogP contribution in [0.2, 0.25) is 19.6 Å². The summed E-state index contributed by atoms with van der Waals surface area (Å²) in [5.41, 5.74) is 1.11. The fourth-order valence-corrected chi connectivity index (χ4v) is 2.59. The molecule has 0 fully saturated rings. The van der Waals surface area contributed by atoms with Gasteiger partial charge in [-0.05, 0) is 36.8 Å². The maximum Gasteiger partial charge on any atom is 0.346 e. The van der Waals surface area contributed by atoms with Crippen LogP contribution in [0.4, 0.5) is 0 Å². The van der Waals surface area contributed by atoms with E-state index >= 15 is 0 Å². The normalized spacial score (nSPS) is 12.3. The third kappa shape index (κ3) is 7.01. The summed E-state index contributed by atoms with van der Waals surface area (Å²) in [6, 6.07) is 17.2. The minimum Gasteiger partial charge on any atom is -0.489 e. The maximum absolute atomic E-state index is 12.0. The molecule has 2 rings (SSSR count). The van der Waals surface area contributed by atoms with Crippen LogP contribution in [-0.2, 0) is 16.1 Å². The van der Waals surface area contributed by atoms with Crippen molar-refractivity contribution in [2.75, 3.05) is 6.23 Å². The molecule has 4 nitrogen and oxygen atoms in total. The number of ether oxygens (including phenoxy) is 3. The molecule has 0 saturated carbocycles. The van der Waals surface area contributed by atoms with Gasteiger partial charge in [0.25, 0.3) is 0 Å². The van der Waals surface area contributed by atoms with Gasteiger partial charge in [0.05, 0.1) is 14.3 Å². The first-order valence-electron chi connectivity index (χ1n) is 8.43. The highest BCUT2D eigenvalue weighted by molar-refractivity contribution is 6.76. The Balaban J connectivity index is 1.82. The zero-order chi connectivity index (χ0) is 18.3. The number of carbonyl (C=O) groups excluding carboxylic acids is 1. The minimum atomic E-state index is -1.42. The van der Waals surface area contributed by atoms with Gasteiger partial charge in [-0.15, -0.1) is 0 Å². The Labute approximate surface area is 150 Å². The van der Waals surface area contributed by atoms with Crippen molar-refractivity contribution in [2.24, 2.45) is 0 Å². The Morgan fingerprint density at radius 1 is 0.960 bits per heavy atom. The van der Waals surface area contributed by atoms with Crippen molar-refractivity contribution < 1.29 is 19.0 Å². The lowest BCUT2D eigenvalue weighted by atomic mass is 10.2. The van der Waals surface area contributed by atoms with E-state index in [0.717, 1.165) is 11.3 Å². The van der Waals surface area contributed by atoms with E-state index in [0.29, 0.717) is 18.6 Å². The molecule has 0 aromatic heterocycles. The van der Waals surface area contributed by atoms with E-state index in [1.54, 1.807) is 19.1 Å². The van der Waals surface area contributed by atoms with E-state index in [1.165, 1.54) is 0 Å². The van der Waals surface area contributed by atoms with Crippen LogP contribution in [0.3, 0.4) is 0 Å². The first-order chi connectivity index (χ1) is 11.8. The number of hydrogen-bond acceptors (Lipinski definition) is 4. The summed E-state index contributed by atoms with van der Waals surface area (Å²) >= 11 is 0. The highest BCUT2D eigenvalue weighted by Gasteiger charge is 2.21. The largest absolute Gasteiger partial charge is 0.489 e. The van der Waals surface area contributed by atoms with E-state index in [2.05, 4.69) is 19.6 Å². The summed E-state index contributed by atoms with van der Waals surface area (Å²) in [5.74, 6) is 1.04. The highest BCUT2D eigenvalue weighted by Crippen LogP contribution is 2.20. The van der Waals surface area contributed by atoms with Crippen LogP contribution in [0.5, 0.6) is 11.5 Å². The summed E-state index contributed by atoms with van der Waals surface area (Å²) in [4.78, 5) is 12.0. The van der Waals surface area contributed by atoms with Gasteiger partial charge in [0.2, 0.25) is 0 Å². The van der Waals surface area contributed by atoms with Crippen LogP contribution in [0.15, 0.2) is 54.6 Å². The monoisotopic (exact) mass is 358 g/mol. The number of rotatable bonds is 8. The zero-order valence-corrected chi connectivity index (χ0v) is 16.3. The Bertz CT molecular complexity index is 662. The number of carbonyl (C=O) groups is 1. The first-order valence-corrected chi connectivity index (χ1v) is 12.1. The van der Waals surface area contributed by atoms with E-state index < -0.39 is 14.2 Å². The third-order valence-corrected chi connectivity index (χ3v) is 4.37. The lowest BCUT2D eigenvalue weighted by Gasteiger charge is -2.19. The highest BCUT2D eigenvalue weighted by atomic mass is 28.3. The third-order valence-electron chi connectivity index (χ3n) is 3.36. The molecule has 0 aliphatic carbocycles. The summed E-state index contributed by atoms with van der Waals surface area (Å²) < 4.78 is 16.7. The van der Waals surface area contributed by atoms with Gasteiger partial charge in [0.1, 0.15) is 18.1 Å². The number of hydrogen-bond donors (Lipinski definition) is 0. The van der Waals surface area contributed by atoms with Crippen molar-refractivity contribution in [3.8, 4) is 11.5 Å². The lowest BCUT2D eigenvalue weighted by Crippen LogP contribution is -2.34. The van der Waals surface area contributed by atoms with Crippen molar-refractivity contribution in [1.82, 2.24) is 0 Å². The van der Waals surface area contributed by atoms with E-state index in [-0.39, 0.29) is 5.97 Å². The fraction of sp³-hybridized carbons (Fsp3) is 0.350. The molecule has 0 saturated heterocycles. The summed E-state index contributed by atoms with van der Waals surface area (Å²) in [5, 5.41) is 0. The molecule has 134 valence electrons. The molecule has 0 radical (unpaired) electrons. The van der Waals surface area contributed by atoms with Crippen LogP contribution in [-0.4, -0.2) is 26.4 Å². The second-order valence-electron chi connectivity index (χ2n) is 7.17. The van der Waals surface area contributed by atoms with Crippen molar-refractivity contribution in [2.45, 2.75) is 39.3 Å². The van der Waals surface area contributed by atoms with Crippen LogP contribution in [0, 0.1) is 0 Å². The molecule has 0 aliphatic rings. The number of benzene rings is 2. The molecule has 0 amide bonds. The van der Waals surface area contributed by atoms with Gasteiger partial charge in [-0.2, -0.15) is 0 Å². The molecule has 2 aromatic carbocycles. The number of esters is 1. The van der Waals surface area contributed by atoms with Gasteiger partial charge in [0, 0.05) is 0 Å². The van der Waals surface area contributed by atoms with Gasteiger partial charge >= 0.3 is 5.97 Å². The molecule has 0 aliphatic heterocycles. The maximum atomic E-state index is 12.0. The molecule has 0 spiro atoms. The zero-order valence-electron chi connectivity index (χ0n) is 15.3. The molecular weight excluding hydrogens is 332 g/mol. The second kappa shape index (κ2) is 8.71. The van der Waals surface area contributed by atoms with Gasteiger partial charge in [0.15, 0.2) is 6.10 Å². The van der Waals surface area contributed by atoms with Gasteiger partial charge in [-0.3, -0.25) is 0 Å². The quantitative estimate of drug-likeness (QED) is 0.516. The van der Waals surface area contributed by atoms with Crippen LogP contribution in [0.25, 0.3) is 0 Å². The van der Waals surface area contributed by atoms with Gasteiger partial charge in [-0.25, -0.2) is 4.79 Å². The van der Waals surface area contributed by atoms with E-state index in [4.69, 9.17) is 14.2 Å². The van der Waals surface area contributed by atoms with Crippen molar-refractivity contribution in [1.29, 1.82) is 0 Å². The molecule has 0 N–H and O–H groups in total. The van der Waals surface area contributed by atoms with Crippen LogP contribution >= 0.6 is 0 Å². The van der Waals surface area contributed by atoms with Crippen LogP contribution in [0.1, 0.15) is 12.5 Å². The molecule has 1 unspecified atom stereocenters. The molecule has 25 heavy (non-hydrogen) atoms. The topological polar surface area (TPSA) is 44.8 Å². The van der Waals surface area contributed by atoms with Crippen molar-refractivity contribution >= 4 is 14.0 Å². The lowest BCUT2D eigenvalue weighted by molar-refractivity contribution is -0.149. The molecule has 5 heteroatoms. The molecule has 0 heterocycles. The second-order valence-corrected chi connectivity index (χ2v) is 12.6. The van der Waals surface area contributed by atoms with Crippen LogP contribution < -0.4 is 9.47 Å². The van der Waals surface area contributed by atoms with Gasteiger partial charge < -0.3 is 14.2 Å². The summed E-state index contributed by atoms with van der Waals surface area (Å²) in [7, 11) is -1.42. The van der Waals surface area contributed by atoms with E-state index in [9.17, 15) is 4.79 Å². The Morgan fingerprint density at radius 2 is 1.56 bits per heavy atom. The smallest absolute Gasteiger partial charge is 0.346 e. The summed E-state index contributed by atoms with van der Waals surface area (Å²) in [6.45, 7) is 8.67. The predicted molar refractivity (Wildman–Crippen MR) is 102 cm³/mol. The minimum absolute atomic E-state index is 0.327. The Morgan fingerprint density at radius 3 is 2.16 bits per heavy atom. The van der Waals surface area contributed by atoms with Crippen molar-refractivity contribution in [3.63, 3.8) is 0 Å². The standard InChI is InChI=1S/C20H26O4Si/c1-16(20(21)23-15-25(2,3)4)24-19-12-10-18(11-13-19)22-14-17-8-6-5-7-9-17/h5-13,16H,14-15H2,1-4H3. The average Bonchev–Trinajstić information content (AvgIpc) is 2.59. The Kier molecular flexibility index (Phi) is 6.64. The summed E-state index contributed by atoms with van der Waals surface area (Å²) in [6.07, 6.45) is -0.126. The Hall–Kier alpha value is -2.27. The SMILES string of the molecule is CC(Oc1ccc(OCc2ccccc2)cc1)C(=O)OC[Si](C)(C)C. The molecular formula is C20H26O4Si.